The van der Waals surface area contributed by atoms with Gasteiger partial charge in [0.15, 0.2) is 10.9 Å². The highest BCUT2D eigenvalue weighted by Gasteiger charge is 2.51. The molecule has 0 spiro atoms. The smallest absolute Gasteiger partial charge is 0.360 e. The highest BCUT2D eigenvalue weighted by atomic mass is 32.2. The molecule has 0 saturated carbocycles. The maximum atomic E-state index is 13.3. The third-order valence-corrected chi connectivity index (χ3v) is 6.71. The van der Waals surface area contributed by atoms with Crippen LogP contribution >= 0.6 is 11.8 Å². The zero-order valence-corrected chi connectivity index (χ0v) is 19.6. The van der Waals surface area contributed by atoms with E-state index in [0.717, 1.165) is 11.3 Å². The number of aromatic nitrogens is 2. The Kier molecular flexibility index (Phi) is 6.44. The summed E-state index contributed by atoms with van der Waals surface area (Å²) in [6.07, 6.45) is 0. The Balaban J connectivity index is 1.79. The molecule has 0 unspecified atom stereocenters. The minimum absolute atomic E-state index is 0.0518. The number of aliphatic hydroxyl groups is 1. The fourth-order valence-electron chi connectivity index (χ4n) is 3.73. The van der Waals surface area contributed by atoms with Crippen molar-refractivity contribution in [1.82, 2.24) is 14.3 Å². The molecule has 0 bridgehead atoms. The van der Waals surface area contributed by atoms with Crippen molar-refractivity contribution >= 4 is 28.6 Å². The van der Waals surface area contributed by atoms with Crippen molar-refractivity contribution in [2.45, 2.75) is 26.1 Å². The van der Waals surface area contributed by atoms with Crippen molar-refractivity contribution < 1.29 is 14.6 Å². The lowest BCUT2D eigenvalue weighted by Crippen LogP contribution is -2.54. The van der Waals surface area contributed by atoms with Gasteiger partial charge in [-0.1, -0.05) is 60.3 Å². The predicted molar refractivity (Wildman–Crippen MR) is 129 cm³/mol. The van der Waals surface area contributed by atoms with Crippen molar-refractivity contribution in [2.75, 3.05) is 12.4 Å². The first-order valence-electron chi connectivity index (χ1n) is 10.6. The van der Waals surface area contributed by atoms with Gasteiger partial charge in [0.05, 0.1) is 23.7 Å². The van der Waals surface area contributed by atoms with E-state index < -0.39 is 11.7 Å². The van der Waals surface area contributed by atoms with Crippen LogP contribution in [0.5, 0.6) is 0 Å². The molecule has 1 aliphatic rings. The molecule has 9 heteroatoms. The second kappa shape index (κ2) is 9.29. The summed E-state index contributed by atoms with van der Waals surface area (Å²) >= 11 is 1.22. The first-order chi connectivity index (χ1) is 15.9. The Morgan fingerprint density at radius 3 is 2.42 bits per heavy atom. The van der Waals surface area contributed by atoms with Crippen molar-refractivity contribution in [3.8, 4) is 5.69 Å². The molecule has 0 radical (unpaired) electrons. The molecule has 3 aromatic rings. The van der Waals surface area contributed by atoms with Crippen LogP contribution in [-0.2, 0) is 23.1 Å². The van der Waals surface area contributed by atoms with Crippen LogP contribution in [-0.4, -0.2) is 48.6 Å². The number of hydrogen-bond donors (Lipinski definition) is 1. The molecule has 172 valence electrons. The molecule has 1 saturated heterocycles. The average Bonchev–Trinajstić information content (AvgIpc) is 3.25. The van der Waals surface area contributed by atoms with Gasteiger partial charge in [-0.25, -0.2) is 14.5 Å². The Morgan fingerprint density at radius 1 is 1.15 bits per heavy atom. The number of carbonyl (C=O) groups is 1. The number of rotatable bonds is 6. The second-order valence-electron chi connectivity index (χ2n) is 7.70. The molecular weight excluding hydrogens is 440 g/mol. The summed E-state index contributed by atoms with van der Waals surface area (Å²) in [5, 5.41) is 11.7. The number of aliphatic imine (C=N–C) groups is 1. The van der Waals surface area contributed by atoms with Crippen LogP contribution in [0.4, 0.5) is 5.69 Å². The molecule has 8 nitrogen and oxygen atoms in total. The van der Waals surface area contributed by atoms with Gasteiger partial charge < -0.3 is 14.7 Å². The van der Waals surface area contributed by atoms with E-state index >= 15 is 0 Å². The van der Waals surface area contributed by atoms with Gasteiger partial charge in [0.1, 0.15) is 0 Å². The number of ether oxygens (including phenoxy) is 1. The highest BCUT2D eigenvalue weighted by Crippen LogP contribution is 2.35. The Labute approximate surface area is 196 Å². The predicted octanol–water partition coefficient (Wildman–Crippen LogP) is 2.97. The summed E-state index contributed by atoms with van der Waals surface area (Å²) in [6.45, 7) is 3.90. The summed E-state index contributed by atoms with van der Waals surface area (Å²) in [5.41, 5.74) is 0.389. The number of nitrogens with zero attached hydrogens (tertiary/aromatic N) is 4. The van der Waals surface area contributed by atoms with Crippen LogP contribution < -0.4 is 5.56 Å². The SMILES string of the molecule is CCOC(=O)[C@@]1(O)CSC(=Nc2c(C)n(C)n(-c3ccccc3)c2=O)N1Cc1ccccc1. The topological polar surface area (TPSA) is 89.1 Å². The van der Waals surface area contributed by atoms with Crippen LogP contribution in [0.3, 0.4) is 0 Å². The van der Waals surface area contributed by atoms with Crippen LogP contribution in [0.1, 0.15) is 18.2 Å². The summed E-state index contributed by atoms with van der Waals surface area (Å²) in [7, 11) is 1.80. The van der Waals surface area contributed by atoms with Crippen LogP contribution in [0.25, 0.3) is 5.69 Å². The number of thioether (sulfide) groups is 1. The average molecular weight is 467 g/mol. The molecule has 1 atom stereocenters. The van der Waals surface area contributed by atoms with Gasteiger partial charge >= 0.3 is 5.97 Å². The van der Waals surface area contributed by atoms with E-state index in [0.29, 0.717) is 10.9 Å². The summed E-state index contributed by atoms with van der Waals surface area (Å²) in [6, 6.07) is 18.8. The molecule has 0 aliphatic carbocycles. The van der Waals surface area contributed by atoms with E-state index in [4.69, 9.17) is 4.74 Å². The second-order valence-corrected chi connectivity index (χ2v) is 8.64. The van der Waals surface area contributed by atoms with Gasteiger partial charge in [-0.05, 0) is 31.5 Å². The molecule has 4 rings (SSSR count). The number of para-hydroxylation sites is 1. The highest BCUT2D eigenvalue weighted by molar-refractivity contribution is 8.14. The summed E-state index contributed by atoms with van der Waals surface area (Å²) < 4.78 is 8.45. The normalized spacial score (nSPS) is 19.3. The molecule has 33 heavy (non-hydrogen) atoms. The van der Waals surface area contributed by atoms with Crippen molar-refractivity contribution in [1.29, 1.82) is 0 Å². The number of esters is 1. The Hall–Kier alpha value is -3.30. The lowest BCUT2D eigenvalue weighted by Gasteiger charge is -2.31. The van der Waals surface area contributed by atoms with E-state index in [2.05, 4.69) is 4.99 Å². The van der Waals surface area contributed by atoms with Gasteiger partial charge in [0.25, 0.3) is 5.56 Å². The van der Waals surface area contributed by atoms with E-state index in [9.17, 15) is 14.7 Å². The van der Waals surface area contributed by atoms with Gasteiger partial charge in [-0.3, -0.25) is 9.48 Å². The standard InChI is InChI=1S/C24H26N4O4S/c1-4-32-22(30)24(31)16-33-23(27(24)15-18-11-7-5-8-12-18)25-20-17(2)26(3)28(21(20)29)19-13-9-6-10-14-19/h5-14,31H,4,15-16H2,1-3H3/t24-/m0/s1. The zero-order valence-electron chi connectivity index (χ0n) is 18.8. The molecule has 1 aliphatic heterocycles. The fourth-order valence-corrected chi connectivity index (χ4v) is 4.86. The third kappa shape index (κ3) is 4.21. The zero-order chi connectivity index (χ0) is 23.6. The quantitative estimate of drug-likeness (QED) is 0.562. The number of benzene rings is 2. The van der Waals surface area contributed by atoms with Crippen LogP contribution in [0.2, 0.25) is 0 Å². The molecule has 2 heterocycles. The Morgan fingerprint density at radius 2 is 1.79 bits per heavy atom. The monoisotopic (exact) mass is 466 g/mol. The maximum absolute atomic E-state index is 13.3. The summed E-state index contributed by atoms with van der Waals surface area (Å²) in [5.74, 6) is -0.680. The molecule has 1 N–H and O–H groups in total. The largest absolute Gasteiger partial charge is 0.462 e. The van der Waals surface area contributed by atoms with Crippen molar-refractivity contribution in [3.63, 3.8) is 0 Å². The van der Waals surface area contributed by atoms with E-state index in [1.807, 2.05) is 67.6 Å². The number of amidine groups is 1. The lowest BCUT2D eigenvalue weighted by atomic mass is 10.1. The minimum atomic E-state index is -1.88. The lowest BCUT2D eigenvalue weighted by molar-refractivity contribution is -0.176. The van der Waals surface area contributed by atoms with Crippen molar-refractivity contribution in [3.05, 3.63) is 82.3 Å². The fraction of sp³-hybridized carbons (Fsp3) is 0.292. The third-order valence-electron chi connectivity index (χ3n) is 5.60. The van der Waals surface area contributed by atoms with Gasteiger partial charge in [-0.15, -0.1) is 0 Å². The Bertz CT molecular complexity index is 1240. The van der Waals surface area contributed by atoms with E-state index in [1.54, 1.807) is 23.3 Å². The van der Waals surface area contributed by atoms with E-state index in [-0.39, 0.29) is 30.2 Å². The van der Waals surface area contributed by atoms with Crippen LogP contribution in [0.15, 0.2) is 70.5 Å². The van der Waals surface area contributed by atoms with Crippen LogP contribution in [0, 0.1) is 6.92 Å². The van der Waals surface area contributed by atoms with Gasteiger partial charge in [-0.2, -0.15) is 0 Å². The minimum Gasteiger partial charge on any atom is -0.462 e. The molecule has 2 aromatic carbocycles. The molecule has 1 fully saturated rings. The van der Waals surface area contributed by atoms with Gasteiger partial charge in [0, 0.05) is 13.6 Å². The first-order valence-corrected chi connectivity index (χ1v) is 11.6. The first kappa shape index (κ1) is 22.9. The molecular formula is C24H26N4O4S. The van der Waals surface area contributed by atoms with Crippen molar-refractivity contribution in [2.24, 2.45) is 12.0 Å². The van der Waals surface area contributed by atoms with E-state index in [1.165, 1.54) is 16.7 Å². The van der Waals surface area contributed by atoms with Gasteiger partial charge in [0.2, 0.25) is 5.72 Å². The molecule has 0 amide bonds. The maximum Gasteiger partial charge on any atom is 0.360 e. The molecule has 1 aromatic heterocycles. The number of hydrogen-bond acceptors (Lipinski definition) is 6. The summed E-state index contributed by atoms with van der Waals surface area (Å²) in [4.78, 5) is 32.2. The number of carbonyl (C=O) groups excluding carboxylic acids is 1.